The summed E-state index contributed by atoms with van der Waals surface area (Å²) in [6, 6.07) is 0. The molecule has 1 aliphatic carbocycles. The van der Waals surface area contributed by atoms with Gasteiger partial charge in [-0.25, -0.2) is 4.79 Å². The fourth-order valence-electron chi connectivity index (χ4n) is 2.24. The second kappa shape index (κ2) is 6.16. The number of rotatable bonds is 5. The third-order valence-electron chi connectivity index (χ3n) is 3.31. The molecule has 19 heavy (non-hydrogen) atoms. The van der Waals surface area contributed by atoms with Crippen molar-refractivity contribution in [3.05, 3.63) is 21.4 Å². The molecule has 5 nitrogen and oxygen atoms in total. The van der Waals surface area contributed by atoms with E-state index in [4.69, 9.17) is 9.84 Å². The van der Waals surface area contributed by atoms with Gasteiger partial charge in [-0.3, -0.25) is 4.79 Å². The van der Waals surface area contributed by atoms with Gasteiger partial charge in [0, 0.05) is 17.4 Å². The van der Waals surface area contributed by atoms with Crippen LogP contribution in [0.1, 0.15) is 33.6 Å². The van der Waals surface area contributed by atoms with Gasteiger partial charge in [0.15, 0.2) is 6.10 Å². The quantitative estimate of drug-likeness (QED) is 0.857. The lowest BCUT2D eigenvalue weighted by Gasteiger charge is -2.14. The monoisotopic (exact) mass is 283 g/mol. The first-order valence-electron chi connectivity index (χ1n) is 6.26. The van der Waals surface area contributed by atoms with Crippen molar-refractivity contribution in [1.82, 2.24) is 5.32 Å². The van der Waals surface area contributed by atoms with Crippen molar-refractivity contribution in [1.29, 1.82) is 0 Å². The van der Waals surface area contributed by atoms with E-state index in [-0.39, 0.29) is 12.5 Å². The third-order valence-corrected chi connectivity index (χ3v) is 4.40. The van der Waals surface area contributed by atoms with Gasteiger partial charge in [0.05, 0.1) is 12.1 Å². The molecule has 6 heteroatoms. The Balaban J connectivity index is 2.00. The molecule has 1 aromatic heterocycles. The fourth-order valence-corrected chi connectivity index (χ4v) is 3.36. The number of amides is 1. The number of carbonyl (C=O) groups is 2. The van der Waals surface area contributed by atoms with Gasteiger partial charge in [0.25, 0.3) is 5.91 Å². The van der Waals surface area contributed by atoms with E-state index in [1.807, 2.05) is 5.38 Å². The maximum absolute atomic E-state index is 12.1. The van der Waals surface area contributed by atoms with Crippen molar-refractivity contribution in [3.63, 3.8) is 0 Å². The zero-order valence-corrected chi connectivity index (χ0v) is 11.6. The topological polar surface area (TPSA) is 75.6 Å². The molecule has 2 N–H and O–H groups in total. The standard InChI is InChI=1S/C13H17NO4S/c1-18-10(13(16)17)6-14-12(15)9-7-19-11-5-3-2-4-8(9)11/h7,10H,2-6H2,1H3,(H,14,15)(H,16,17). The maximum Gasteiger partial charge on any atom is 0.334 e. The van der Waals surface area contributed by atoms with E-state index >= 15 is 0 Å². The lowest BCUT2D eigenvalue weighted by atomic mass is 9.95. The number of hydrogen-bond donors (Lipinski definition) is 2. The molecule has 0 bridgehead atoms. The van der Waals surface area contributed by atoms with E-state index in [2.05, 4.69) is 5.32 Å². The number of thiophene rings is 1. The lowest BCUT2D eigenvalue weighted by Crippen LogP contribution is -2.38. The Hall–Kier alpha value is -1.40. The molecule has 1 amide bonds. The molecule has 2 rings (SSSR count). The minimum absolute atomic E-state index is 0.0186. The first-order chi connectivity index (χ1) is 9.13. The second-order valence-corrected chi connectivity index (χ2v) is 5.50. The molecule has 0 radical (unpaired) electrons. The Bertz CT molecular complexity index is 483. The fraction of sp³-hybridized carbons (Fsp3) is 0.538. The minimum Gasteiger partial charge on any atom is -0.479 e. The molecule has 0 aromatic carbocycles. The van der Waals surface area contributed by atoms with Gasteiger partial charge in [0.2, 0.25) is 0 Å². The largest absolute Gasteiger partial charge is 0.479 e. The number of carbonyl (C=O) groups excluding carboxylic acids is 1. The van der Waals surface area contributed by atoms with Crippen molar-refractivity contribution < 1.29 is 19.4 Å². The van der Waals surface area contributed by atoms with Gasteiger partial charge in [-0.2, -0.15) is 0 Å². The highest BCUT2D eigenvalue weighted by molar-refractivity contribution is 7.10. The van der Waals surface area contributed by atoms with Crippen LogP contribution in [0.15, 0.2) is 5.38 Å². The number of carboxylic acid groups (broad SMARTS) is 1. The second-order valence-electron chi connectivity index (χ2n) is 4.53. The number of ether oxygens (including phenoxy) is 1. The SMILES string of the molecule is COC(CNC(=O)c1csc2c1CCCC2)C(=O)O. The summed E-state index contributed by atoms with van der Waals surface area (Å²) in [5.74, 6) is -1.28. The van der Waals surface area contributed by atoms with Crippen molar-refractivity contribution in [2.24, 2.45) is 0 Å². The average Bonchev–Trinajstić information content (AvgIpc) is 2.82. The molecule has 1 aromatic rings. The summed E-state index contributed by atoms with van der Waals surface area (Å²) in [4.78, 5) is 24.1. The van der Waals surface area contributed by atoms with Crippen LogP contribution < -0.4 is 5.32 Å². The third kappa shape index (κ3) is 3.13. The molecule has 0 saturated heterocycles. The lowest BCUT2D eigenvalue weighted by molar-refractivity contribution is -0.148. The highest BCUT2D eigenvalue weighted by atomic mass is 32.1. The Kier molecular flexibility index (Phi) is 4.55. The number of carboxylic acids is 1. The van der Waals surface area contributed by atoms with Gasteiger partial charge >= 0.3 is 5.97 Å². The summed E-state index contributed by atoms with van der Waals surface area (Å²) in [5.41, 5.74) is 1.83. The Labute approximate surface area is 115 Å². The van der Waals surface area contributed by atoms with E-state index in [9.17, 15) is 9.59 Å². The normalized spacial score (nSPS) is 15.6. The Morgan fingerprint density at radius 2 is 2.21 bits per heavy atom. The van der Waals surface area contributed by atoms with E-state index in [1.54, 1.807) is 11.3 Å². The van der Waals surface area contributed by atoms with Crippen molar-refractivity contribution in [2.75, 3.05) is 13.7 Å². The van der Waals surface area contributed by atoms with Gasteiger partial charge in [0.1, 0.15) is 0 Å². The number of aliphatic carboxylic acids is 1. The van der Waals surface area contributed by atoms with Crippen molar-refractivity contribution >= 4 is 23.2 Å². The molecule has 0 spiro atoms. The number of nitrogens with one attached hydrogen (secondary N) is 1. The smallest absolute Gasteiger partial charge is 0.334 e. The van der Waals surface area contributed by atoms with E-state index in [0.29, 0.717) is 5.56 Å². The first kappa shape index (κ1) is 14.0. The molecule has 1 atom stereocenters. The Morgan fingerprint density at radius 1 is 1.47 bits per heavy atom. The highest BCUT2D eigenvalue weighted by Gasteiger charge is 2.22. The van der Waals surface area contributed by atoms with Crippen LogP contribution in [0.3, 0.4) is 0 Å². The minimum atomic E-state index is -1.07. The number of hydrogen-bond acceptors (Lipinski definition) is 4. The molecule has 0 saturated carbocycles. The van der Waals surface area contributed by atoms with Crippen LogP contribution in [-0.2, 0) is 22.4 Å². The summed E-state index contributed by atoms with van der Waals surface area (Å²) in [6.07, 6.45) is 3.27. The predicted molar refractivity (Wildman–Crippen MR) is 71.7 cm³/mol. The summed E-state index contributed by atoms with van der Waals surface area (Å²) in [6.45, 7) is -0.0186. The molecule has 0 fully saturated rings. The molecule has 1 aliphatic rings. The van der Waals surface area contributed by atoms with Crippen LogP contribution >= 0.6 is 11.3 Å². The predicted octanol–water partition coefficient (Wildman–Crippen LogP) is 1.46. The Morgan fingerprint density at radius 3 is 2.89 bits per heavy atom. The number of aryl methyl sites for hydroxylation is 1. The van der Waals surface area contributed by atoms with E-state index in [1.165, 1.54) is 18.4 Å². The van der Waals surface area contributed by atoms with Crippen molar-refractivity contribution in [3.8, 4) is 0 Å². The first-order valence-corrected chi connectivity index (χ1v) is 7.14. The van der Waals surface area contributed by atoms with Gasteiger partial charge in [-0.15, -0.1) is 11.3 Å². The summed E-state index contributed by atoms with van der Waals surface area (Å²) in [7, 11) is 1.32. The summed E-state index contributed by atoms with van der Waals surface area (Å²) >= 11 is 1.62. The van der Waals surface area contributed by atoms with E-state index < -0.39 is 12.1 Å². The van der Waals surface area contributed by atoms with Crippen LogP contribution in [0.5, 0.6) is 0 Å². The van der Waals surface area contributed by atoms with Crippen LogP contribution in [-0.4, -0.2) is 36.7 Å². The summed E-state index contributed by atoms with van der Waals surface area (Å²) in [5, 5.41) is 13.3. The van der Waals surface area contributed by atoms with Crippen LogP contribution in [0.25, 0.3) is 0 Å². The number of fused-ring (bicyclic) bond motifs is 1. The average molecular weight is 283 g/mol. The van der Waals surface area contributed by atoms with E-state index in [0.717, 1.165) is 24.8 Å². The zero-order valence-electron chi connectivity index (χ0n) is 10.8. The van der Waals surface area contributed by atoms with Crippen LogP contribution in [0.4, 0.5) is 0 Å². The molecule has 1 unspecified atom stereocenters. The van der Waals surface area contributed by atoms with Gasteiger partial charge in [-0.1, -0.05) is 0 Å². The molecule has 1 heterocycles. The maximum atomic E-state index is 12.1. The molecule has 104 valence electrons. The zero-order chi connectivity index (χ0) is 13.8. The molecule has 0 aliphatic heterocycles. The highest BCUT2D eigenvalue weighted by Crippen LogP contribution is 2.30. The van der Waals surface area contributed by atoms with Gasteiger partial charge < -0.3 is 15.2 Å². The van der Waals surface area contributed by atoms with Crippen LogP contribution in [0, 0.1) is 0 Å². The van der Waals surface area contributed by atoms with Gasteiger partial charge in [-0.05, 0) is 31.2 Å². The summed E-state index contributed by atoms with van der Waals surface area (Å²) < 4.78 is 4.78. The number of methoxy groups -OCH3 is 1. The molecular weight excluding hydrogens is 266 g/mol. The molecular formula is C13H17NO4S. The van der Waals surface area contributed by atoms with Crippen LogP contribution in [0.2, 0.25) is 0 Å². The van der Waals surface area contributed by atoms with Crippen molar-refractivity contribution in [2.45, 2.75) is 31.8 Å².